The smallest absolute Gasteiger partial charge is 0.168 e. The molecule has 1 rings (SSSR count). The molecule has 0 aromatic rings. The number of Topliss-reactive ketones (excluding diaryl/α,β-unsaturated/α-hetero) is 1. The van der Waals surface area contributed by atoms with E-state index < -0.39 is 17.6 Å². The Morgan fingerprint density at radius 2 is 2.11 bits per heavy atom. The predicted molar refractivity (Wildman–Crippen MR) is 72.1 cm³/mol. The molecule has 0 aliphatic heterocycles. The zero-order chi connectivity index (χ0) is 13.9. The molecular weight excluding hydrogens is 228 g/mol. The quantitative estimate of drug-likeness (QED) is 0.752. The lowest BCUT2D eigenvalue weighted by Crippen LogP contribution is -2.18. The molecule has 0 amide bonds. The van der Waals surface area contributed by atoms with E-state index in [0.717, 1.165) is 5.57 Å². The van der Waals surface area contributed by atoms with E-state index in [2.05, 4.69) is 0 Å². The second-order valence-electron chi connectivity index (χ2n) is 5.50. The van der Waals surface area contributed by atoms with Crippen LogP contribution in [0.1, 0.15) is 34.1 Å². The van der Waals surface area contributed by atoms with Crippen molar-refractivity contribution in [3.63, 3.8) is 0 Å². The first kappa shape index (κ1) is 14.9. The van der Waals surface area contributed by atoms with Gasteiger partial charge in [-0.1, -0.05) is 23.8 Å². The van der Waals surface area contributed by atoms with Gasteiger partial charge in [0.05, 0.1) is 17.6 Å². The van der Waals surface area contributed by atoms with E-state index in [4.69, 9.17) is 0 Å². The van der Waals surface area contributed by atoms with Gasteiger partial charge in [-0.15, -0.1) is 0 Å². The van der Waals surface area contributed by atoms with E-state index in [1.165, 1.54) is 0 Å². The molecule has 0 radical (unpaired) electrons. The van der Waals surface area contributed by atoms with Crippen molar-refractivity contribution < 1.29 is 15.0 Å². The van der Waals surface area contributed by atoms with Gasteiger partial charge < -0.3 is 10.2 Å². The molecule has 0 aromatic heterocycles. The van der Waals surface area contributed by atoms with Gasteiger partial charge in [0.15, 0.2) is 5.78 Å². The molecule has 3 nitrogen and oxygen atoms in total. The first-order valence-electron chi connectivity index (χ1n) is 6.19. The fraction of sp³-hybridized carbons (Fsp3) is 0.533. The van der Waals surface area contributed by atoms with Gasteiger partial charge in [0.25, 0.3) is 0 Å². The molecule has 18 heavy (non-hydrogen) atoms. The molecule has 0 spiro atoms. The van der Waals surface area contributed by atoms with Crippen LogP contribution in [0.2, 0.25) is 0 Å². The highest BCUT2D eigenvalue weighted by molar-refractivity contribution is 6.01. The highest BCUT2D eigenvalue weighted by Crippen LogP contribution is 2.24. The molecule has 2 atom stereocenters. The number of carbonyl (C=O) groups is 1. The van der Waals surface area contributed by atoms with Crippen molar-refractivity contribution in [2.75, 3.05) is 0 Å². The summed E-state index contributed by atoms with van der Waals surface area (Å²) in [6, 6.07) is 0. The van der Waals surface area contributed by atoms with Crippen molar-refractivity contribution >= 4 is 5.78 Å². The van der Waals surface area contributed by atoms with Crippen molar-refractivity contribution in [1.29, 1.82) is 0 Å². The largest absolute Gasteiger partial charge is 0.388 e. The van der Waals surface area contributed by atoms with E-state index in [9.17, 15) is 15.0 Å². The van der Waals surface area contributed by atoms with Gasteiger partial charge in [-0.3, -0.25) is 4.79 Å². The summed E-state index contributed by atoms with van der Waals surface area (Å²) < 4.78 is 0. The molecule has 3 heteroatoms. The van der Waals surface area contributed by atoms with E-state index in [1.54, 1.807) is 32.9 Å². The summed E-state index contributed by atoms with van der Waals surface area (Å²) in [5.41, 5.74) is 0.820. The third-order valence-corrected chi connectivity index (χ3v) is 2.91. The summed E-state index contributed by atoms with van der Waals surface area (Å²) in [5, 5.41) is 19.3. The van der Waals surface area contributed by atoms with Gasteiger partial charge >= 0.3 is 0 Å². The average molecular weight is 250 g/mol. The molecule has 0 saturated carbocycles. The Hall–Kier alpha value is -1.19. The number of rotatable bonds is 4. The summed E-state index contributed by atoms with van der Waals surface area (Å²) in [6.45, 7) is 7.06. The third-order valence-electron chi connectivity index (χ3n) is 2.91. The maximum atomic E-state index is 11.8. The van der Waals surface area contributed by atoms with Crippen LogP contribution in [-0.4, -0.2) is 27.7 Å². The Morgan fingerprint density at radius 3 is 2.56 bits per heavy atom. The summed E-state index contributed by atoms with van der Waals surface area (Å²) >= 11 is 0. The lowest BCUT2D eigenvalue weighted by Gasteiger charge is -2.11. The molecule has 100 valence electrons. The molecule has 0 aromatic carbocycles. The number of aliphatic hydroxyl groups excluding tert-OH is 1. The highest BCUT2D eigenvalue weighted by atomic mass is 16.3. The Kier molecular flexibility index (Phi) is 4.65. The van der Waals surface area contributed by atoms with Crippen LogP contribution in [-0.2, 0) is 4.79 Å². The molecule has 0 bridgehead atoms. The maximum absolute atomic E-state index is 11.8. The van der Waals surface area contributed by atoms with Crippen LogP contribution >= 0.6 is 0 Å². The molecular formula is C15H22O3. The minimum absolute atomic E-state index is 0.00619. The fourth-order valence-corrected chi connectivity index (χ4v) is 1.94. The number of allylic oxidation sites excluding steroid dienone is 3. The van der Waals surface area contributed by atoms with Crippen molar-refractivity contribution in [2.45, 2.75) is 45.8 Å². The zero-order valence-electron chi connectivity index (χ0n) is 11.5. The second kappa shape index (κ2) is 5.63. The van der Waals surface area contributed by atoms with Crippen LogP contribution < -0.4 is 0 Å². The van der Waals surface area contributed by atoms with Crippen LogP contribution in [0.4, 0.5) is 0 Å². The normalized spacial score (nSPS) is 26.0. The molecule has 0 unspecified atom stereocenters. The first-order valence-corrected chi connectivity index (χ1v) is 6.19. The maximum Gasteiger partial charge on any atom is 0.168 e. The number of carbonyl (C=O) groups excluding carboxylic acids is 1. The van der Waals surface area contributed by atoms with Gasteiger partial charge in [-0.25, -0.2) is 0 Å². The van der Waals surface area contributed by atoms with Gasteiger partial charge in [-0.05, 0) is 45.8 Å². The third kappa shape index (κ3) is 4.24. The van der Waals surface area contributed by atoms with Crippen molar-refractivity contribution in [2.24, 2.45) is 5.92 Å². The number of aliphatic hydroxyl groups is 2. The summed E-state index contributed by atoms with van der Waals surface area (Å²) in [5.74, 6) is -0.450. The van der Waals surface area contributed by atoms with Crippen LogP contribution in [0, 0.1) is 5.92 Å². The van der Waals surface area contributed by atoms with Crippen molar-refractivity contribution in [1.82, 2.24) is 0 Å². The summed E-state index contributed by atoms with van der Waals surface area (Å²) in [7, 11) is 0. The number of ketones is 1. The summed E-state index contributed by atoms with van der Waals surface area (Å²) in [6.07, 6.45) is 6.97. The second-order valence-corrected chi connectivity index (χ2v) is 5.50. The fourth-order valence-electron chi connectivity index (χ4n) is 1.94. The van der Waals surface area contributed by atoms with Gasteiger partial charge in [0.1, 0.15) is 0 Å². The Morgan fingerprint density at radius 1 is 1.50 bits per heavy atom. The number of hydrogen-bond donors (Lipinski definition) is 2. The SMILES string of the molecule is CC1=C[C@H](O)[C@@H](/C=C(\C)C/C=C/C(C)(C)O)C1=O. The number of hydrogen-bond acceptors (Lipinski definition) is 3. The molecule has 0 fully saturated rings. The molecule has 2 N–H and O–H groups in total. The average Bonchev–Trinajstić information content (AvgIpc) is 2.43. The molecule has 1 aliphatic rings. The lowest BCUT2D eigenvalue weighted by molar-refractivity contribution is -0.118. The van der Waals surface area contributed by atoms with Gasteiger partial charge in [0, 0.05) is 0 Å². The highest BCUT2D eigenvalue weighted by Gasteiger charge is 2.30. The van der Waals surface area contributed by atoms with Crippen molar-refractivity contribution in [3.05, 3.63) is 35.5 Å². The van der Waals surface area contributed by atoms with E-state index >= 15 is 0 Å². The van der Waals surface area contributed by atoms with Crippen LogP contribution in [0.3, 0.4) is 0 Å². The first-order chi connectivity index (χ1) is 8.20. The predicted octanol–water partition coefficient (Wildman–Crippen LogP) is 2.16. The van der Waals surface area contributed by atoms with Gasteiger partial charge in [-0.2, -0.15) is 0 Å². The standard InChI is InChI=1S/C15H22O3/c1-10(6-5-7-15(3,4)18)8-12-13(16)9-11(2)14(12)17/h5,7-9,12-13,16,18H,6H2,1-4H3/b7-5+,10-8+/t12-,13+/m1/s1. The molecule has 0 heterocycles. The van der Waals surface area contributed by atoms with Crippen LogP contribution in [0.15, 0.2) is 35.5 Å². The van der Waals surface area contributed by atoms with Crippen LogP contribution in [0.5, 0.6) is 0 Å². The zero-order valence-corrected chi connectivity index (χ0v) is 11.5. The van der Waals surface area contributed by atoms with E-state index in [-0.39, 0.29) is 5.78 Å². The molecule has 1 aliphatic carbocycles. The summed E-state index contributed by atoms with van der Waals surface area (Å²) in [4.78, 5) is 11.8. The minimum Gasteiger partial charge on any atom is -0.388 e. The van der Waals surface area contributed by atoms with E-state index in [0.29, 0.717) is 12.0 Å². The lowest BCUT2D eigenvalue weighted by atomic mass is 9.98. The monoisotopic (exact) mass is 250 g/mol. The topological polar surface area (TPSA) is 57.5 Å². The van der Waals surface area contributed by atoms with Crippen LogP contribution in [0.25, 0.3) is 0 Å². The Bertz CT molecular complexity index is 408. The Balaban J connectivity index is 2.63. The van der Waals surface area contributed by atoms with Gasteiger partial charge in [0.2, 0.25) is 0 Å². The van der Waals surface area contributed by atoms with E-state index in [1.807, 2.05) is 19.1 Å². The minimum atomic E-state index is -0.818. The molecule has 0 saturated heterocycles. The van der Waals surface area contributed by atoms with Crippen molar-refractivity contribution in [3.8, 4) is 0 Å². The Labute approximate surface area is 109 Å².